The van der Waals surface area contributed by atoms with Crippen molar-refractivity contribution < 1.29 is 26.9 Å². The summed E-state index contributed by atoms with van der Waals surface area (Å²) in [5.74, 6) is -0.826. The topological polar surface area (TPSA) is 57.4 Å². The molecule has 1 aromatic heterocycles. The predicted octanol–water partition coefficient (Wildman–Crippen LogP) is 3.74. The summed E-state index contributed by atoms with van der Waals surface area (Å²) in [5, 5.41) is 6.87. The van der Waals surface area contributed by atoms with Crippen LogP contribution >= 0.6 is 0 Å². The van der Waals surface area contributed by atoms with Crippen molar-refractivity contribution in [3.8, 4) is 0 Å². The number of rotatable bonds is 3. The Hall–Kier alpha value is -1.35. The molecule has 126 valence electrons. The summed E-state index contributed by atoms with van der Waals surface area (Å²) in [4.78, 5) is 0. The number of aromatic nitrogens is 2. The molecule has 1 aliphatic carbocycles. The van der Waals surface area contributed by atoms with Gasteiger partial charge in [0.05, 0.1) is 11.2 Å². The van der Waals surface area contributed by atoms with Gasteiger partial charge in [-0.3, -0.25) is 0 Å². The lowest BCUT2D eigenvalue weighted by Gasteiger charge is -2.32. The summed E-state index contributed by atoms with van der Waals surface area (Å²) in [5.41, 5.74) is -1.15. The van der Waals surface area contributed by atoms with Gasteiger partial charge in [-0.15, -0.1) is 10.2 Å². The SMILES string of the molecule is CC1(C)OB(C(F)=C2CC(c3nnc(C(F)F)o3)C2)OC1(C)C. The van der Waals surface area contributed by atoms with E-state index in [0.29, 0.717) is 18.4 Å². The lowest BCUT2D eigenvalue weighted by molar-refractivity contribution is 0.00578. The molecule has 0 radical (unpaired) electrons. The average Bonchev–Trinajstić information content (AvgIpc) is 2.91. The Bertz CT molecular complexity index is 621. The lowest BCUT2D eigenvalue weighted by atomic mass is 9.72. The van der Waals surface area contributed by atoms with E-state index in [1.807, 2.05) is 27.7 Å². The highest BCUT2D eigenvalue weighted by molar-refractivity contribution is 6.53. The van der Waals surface area contributed by atoms with Crippen LogP contribution in [0, 0.1) is 0 Å². The van der Waals surface area contributed by atoms with E-state index in [4.69, 9.17) is 13.7 Å². The van der Waals surface area contributed by atoms with Crippen molar-refractivity contribution in [2.45, 2.75) is 64.1 Å². The Balaban J connectivity index is 1.67. The first-order valence-electron chi connectivity index (χ1n) is 7.45. The van der Waals surface area contributed by atoms with Crippen LogP contribution in [0.2, 0.25) is 0 Å². The van der Waals surface area contributed by atoms with E-state index in [0.717, 1.165) is 0 Å². The second-order valence-electron chi connectivity index (χ2n) is 6.92. The molecule has 0 aromatic carbocycles. The predicted molar refractivity (Wildman–Crippen MR) is 75.4 cm³/mol. The van der Waals surface area contributed by atoms with E-state index < -0.39 is 36.4 Å². The summed E-state index contributed by atoms with van der Waals surface area (Å²) in [7, 11) is -1.03. The van der Waals surface area contributed by atoms with Crippen LogP contribution in [0.25, 0.3) is 0 Å². The maximum absolute atomic E-state index is 14.5. The molecule has 1 saturated heterocycles. The molecular formula is C14H18BF3N2O3. The van der Waals surface area contributed by atoms with Crippen LogP contribution in [-0.4, -0.2) is 28.5 Å². The van der Waals surface area contributed by atoms with E-state index in [1.165, 1.54) is 0 Å². The van der Waals surface area contributed by atoms with Crippen molar-refractivity contribution in [3.05, 3.63) is 23.1 Å². The van der Waals surface area contributed by atoms with Crippen molar-refractivity contribution in [1.29, 1.82) is 0 Å². The Kier molecular flexibility index (Phi) is 3.83. The summed E-state index contributed by atoms with van der Waals surface area (Å²) in [6.45, 7) is 7.38. The molecule has 9 heteroatoms. The van der Waals surface area contributed by atoms with Crippen molar-refractivity contribution in [2.75, 3.05) is 0 Å². The fourth-order valence-corrected chi connectivity index (χ4v) is 2.52. The van der Waals surface area contributed by atoms with Crippen LogP contribution < -0.4 is 0 Å². The lowest BCUT2D eigenvalue weighted by Crippen LogP contribution is -2.41. The average molecular weight is 330 g/mol. The van der Waals surface area contributed by atoms with Crippen molar-refractivity contribution in [2.24, 2.45) is 0 Å². The first kappa shape index (κ1) is 16.5. The first-order valence-corrected chi connectivity index (χ1v) is 7.45. The molecule has 1 saturated carbocycles. The van der Waals surface area contributed by atoms with Gasteiger partial charge in [-0.2, -0.15) is 8.78 Å². The molecule has 0 amide bonds. The Morgan fingerprint density at radius 1 is 1.13 bits per heavy atom. The molecule has 23 heavy (non-hydrogen) atoms. The third kappa shape index (κ3) is 2.80. The van der Waals surface area contributed by atoms with Gasteiger partial charge in [0.25, 0.3) is 5.89 Å². The Morgan fingerprint density at radius 3 is 2.17 bits per heavy atom. The molecular weight excluding hydrogens is 312 g/mol. The smallest absolute Gasteiger partial charge is 0.419 e. The van der Waals surface area contributed by atoms with Crippen LogP contribution in [0.1, 0.15) is 64.7 Å². The molecule has 0 spiro atoms. The zero-order valence-electron chi connectivity index (χ0n) is 13.4. The fourth-order valence-electron chi connectivity index (χ4n) is 2.52. The summed E-state index contributed by atoms with van der Waals surface area (Å²) in [6, 6.07) is 0. The van der Waals surface area contributed by atoms with Gasteiger partial charge in [-0.25, -0.2) is 4.39 Å². The van der Waals surface area contributed by atoms with Crippen molar-refractivity contribution in [1.82, 2.24) is 10.2 Å². The molecule has 0 N–H and O–H groups in total. The summed E-state index contributed by atoms with van der Waals surface area (Å²) in [6.07, 6.45) is -2.13. The molecule has 0 bridgehead atoms. The summed E-state index contributed by atoms with van der Waals surface area (Å²) < 4.78 is 55.5. The number of halogens is 3. The largest absolute Gasteiger partial charge is 0.525 e. The van der Waals surface area contributed by atoms with E-state index in [2.05, 4.69) is 10.2 Å². The highest BCUT2D eigenvalue weighted by Gasteiger charge is 2.54. The summed E-state index contributed by atoms with van der Waals surface area (Å²) >= 11 is 0. The van der Waals surface area contributed by atoms with Gasteiger partial charge in [0.15, 0.2) is 0 Å². The minimum absolute atomic E-state index is 0.116. The minimum atomic E-state index is -2.80. The highest BCUT2D eigenvalue weighted by Crippen LogP contribution is 2.46. The molecule has 5 nitrogen and oxygen atoms in total. The van der Waals surface area contributed by atoms with Crippen molar-refractivity contribution >= 4 is 7.12 Å². The van der Waals surface area contributed by atoms with E-state index in [1.54, 1.807) is 0 Å². The third-order valence-electron chi connectivity index (χ3n) is 4.78. The molecule has 3 rings (SSSR count). The molecule has 1 aromatic rings. The molecule has 1 aliphatic heterocycles. The molecule has 2 fully saturated rings. The number of alkyl halides is 2. The standard InChI is InChI=1S/C14H18BF3N2O3/c1-13(2)14(3,4)23-15(22-13)9(16)7-5-8(6-7)11-19-20-12(21-11)10(17)18/h8,10H,5-6H2,1-4H3. The van der Waals surface area contributed by atoms with Gasteiger partial charge in [-0.1, -0.05) is 0 Å². The van der Waals surface area contributed by atoms with Gasteiger partial charge in [0.1, 0.15) is 5.73 Å². The van der Waals surface area contributed by atoms with Crippen LogP contribution in [0.4, 0.5) is 13.2 Å². The third-order valence-corrected chi connectivity index (χ3v) is 4.78. The second kappa shape index (κ2) is 5.34. The van der Waals surface area contributed by atoms with Crippen molar-refractivity contribution in [3.63, 3.8) is 0 Å². The maximum atomic E-state index is 14.5. The highest BCUT2D eigenvalue weighted by atomic mass is 19.3. The first-order chi connectivity index (χ1) is 10.6. The van der Waals surface area contributed by atoms with Gasteiger partial charge in [0, 0.05) is 5.92 Å². The van der Waals surface area contributed by atoms with E-state index >= 15 is 0 Å². The van der Waals surface area contributed by atoms with Gasteiger partial charge >= 0.3 is 13.5 Å². The Morgan fingerprint density at radius 2 is 1.70 bits per heavy atom. The number of allylic oxidation sites excluding steroid dienone is 1. The Labute approximate surface area is 132 Å². The molecule has 0 unspecified atom stereocenters. The van der Waals surface area contributed by atoms with Crippen LogP contribution in [0.3, 0.4) is 0 Å². The van der Waals surface area contributed by atoms with Crippen LogP contribution in [-0.2, 0) is 9.31 Å². The van der Waals surface area contributed by atoms with Crippen LogP contribution in [0.15, 0.2) is 15.7 Å². The quantitative estimate of drug-likeness (QED) is 0.790. The zero-order valence-corrected chi connectivity index (χ0v) is 13.4. The molecule has 2 heterocycles. The minimum Gasteiger partial charge on any atom is -0.419 e. The van der Waals surface area contributed by atoms with Gasteiger partial charge in [-0.05, 0) is 46.1 Å². The van der Waals surface area contributed by atoms with E-state index in [-0.39, 0.29) is 11.8 Å². The van der Waals surface area contributed by atoms with Crippen LogP contribution in [0.5, 0.6) is 0 Å². The van der Waals surface area contributed by atoms with Gasteiger partial charge < -0.3 is 13.7 Å². The molecule has 2 aliphatic rings. The number of hydrogen-bond donors (Lipinski definition) is 0. The van der Waals surface area contributed by atoms with Gasteiger partial charge in [0.2, 0.25) is 5.89 Å². The van der Waals surface area contributed by atoms with E-state index in [9.17, 15) is 13.2 Å². The molecule has 0 atom stereocenters. The zero-order chi connectivity index (χ0) is 17.0. The normalized spacial score (nSPS) is 25.8. The maximum Gasteiger partial charge on any atom is 0.525 e. The monoisotopic (exact) mass is 330 g/mol. The fraction of sp³-hybridized carbons (Fsp3) is 0.714. The number of nitrogens with zero attached hydrogens (tertiary/aromatic N) is 2. The number of hydrogen-bond acceptors (Lipinski definition) is 5. The second-order valence-corrected chi connectivity index (χ2v) is 6.92.